The molecule has 0 amide bonds. The number of aliphatic hydroxyl groups is 1. The number of nitrogens with one attached hydrogen (secondary N) is 3. The second kappa shape index (κ2) is 9.05. The van der Waals surface area contributed by atoms with Crippen molar-refractivity contribution in [1.29, 1.82) is 0 Å². The van der Waals surface area contributed by atoms with Crippen LogP contribution in [-0.4, -0.2) is 44.1 Å². The molecule has 0 aliphatic rings. The van der Waals surface area contributed by atoms with Crippen molar-refractivity contribution in [2.75, 3.05) is 28.2 Å². The molecule has 0 radical (unpaired) electrons. The minimum absolute atomic E-state index is 0.0367. The summed E-state index contributed by atoms with van der Waals surface area (Å²) in [6.07, 6.45) is 4.13. The Morgan fingerprint density at radius 3 is 2.37 bits per heavy atom. The first kappa shape index (κ1) is 21.0. The number of aryl methyl sites for hydroxylation is 1. The summed E-state index contributed by atoms with van der Waals surface area (Å²) in [5.74, 6) is 5.04. The van der Waals surface area contributed by atoms with Gasteiger partial charge in [0.1, 0.15) is 5.82 Å². The summed E-state index contributed by atoms with van der Waals surface area (Å²) in [6, 6.07) is 7.26. The molecule has 1 heterocycles. The van der Waals surface area contributed by atoms with Crippen LogP contribution in [0.3, 0.4) is 0 Å². The highest BCUT2D eigenvalue weighted by atomic mass is 32.2. The zero-order chi connectivity index (χ0) is 20.0. The average Bonchev–Trinajstić information content (AvgIpc) is 2.60. The van der Waals surface area contributed by atoms with E-state index in [9.17, 15) is 9.32 Å². The van der Waals surface area contributed by atoms with Crippen LogP contribution < -0.4 is 15.4 Å². The molecule has 2 aromatic rings. The second-order valence-electron chi connectivity index (χ2n) is 6.91. The first-order valence-electron chi connectivity index (χ1n) is 8.92. The highest BCUT2D eigenvalue weighted by Crippen LogP contribution is 2.21. The van der Waals surface area contributed by atoms with Gasteiger partial charge in [-0.3, -0.25) is 0 Å². The number of benzene rings is 1. The van der Waals surface area contributed by atoms with Gasteiger partial charge in [-0.25, -0.2) is 9.19 Å². The molecule has 148 valence electrons. The molecule has 0 aliphatic heterocycles. The van der Waals surface area contributed by atoms with E-state index in [0.717, 1.165) is 29.2 Å². The van der Waals surface area contributed by atoms with Crippen molar-refractivity contribution in [3.63, 3.8) is 0 Å². The Morgan fingerprint density at radius 1 is 1.22 bits per heavy atom. The van der Waals surface area contributed by atoms with E-state index in [1.807, 2.05) is 31.2 Å². The van der Waals surface area contributed by atoms with Crippen LogP contribution in [0.2, 0.25) is 0 Å². The Kier molecular flexibility index (Phi) is 7.04. The van der Waals surface area contributed by atoms with Crippen LogP contribution in [0.1, 0.15) is 26.3 Å². The Labute approximate surface area is 161 Å². The minimum Gasteiger partial charge on any atom is -0.394 e. The molecule has 0 spiro atoms. The van der Waals surface area contributed by atoms with Crippen LogP contribution >= 0.6 is 0 Å². The third kappa shape index (κ3) is 6.41. The van der Waals surface area contributed by atoms with E-state index in [1.165, 1.54) is 0 Å². The molecule has 1 aromatic heterocycles. The maximum absolute atomic E-state index is 11.7. The molecule has 27 heavy (non-hydrogen) atoms. The molecule has 2 atom stereocenters. The predicted molar refractivity (Wildman–Crippen MR) is 115 cm³/mol. The molecule has 0 saturated carbocycles. The third-order valence-electron chi connectivity index (χ3n) is 4.04. The molecule has 2 rings (SSSR count). The van der Waals surface area contributed by atoms with Crippen molar-refractivity contribution in [3.05, 3.63) is 36.0 Å². The fourth-order valence-corrected chi connectivity index (χ4v) is 3.08. The standard InChI is InChI=1S/C19H29N5O2S/c1-6-14-11-20-19(23-18(14)22-17(12-25)13(2)3)21-15-7-9-16(10-8-15)24-27(4,5)26/h7-11,13,17,25H,4,6,12H2,1-3,5H3,(H,24,26)(H2,20,21,22,23)/t17-,27?/m0/s1. The monoisotopic (exact) mass is 391 g/mol. The summed E-state index contributed by atoms with van der Waals surface area (Å²) in [7, 11) is -2.31. The van der Waals surface area contributed by atoms with Crippen LogP contribution in [0.15, 0.2) is 30.5 Å². The van der Waals surface area contributed by atoms with Crippen LogP contribution in [-0.2, 0) is 16.1 Å². The maximum Gasteiger partial charge on any atom is 0.229 e. The lowest BCUT2D eigenvalue weighted by molar-refractivity contribution is 0.249. The number of rotatable bonds is 9. The smallest absolute Gasteiger partial charge is 0.229 e. The van der Waals surface area contributed by atoms with Crippen molar-refractivity contribution in [2.24, 2.45) is 5.92 Å². The fourth-order valence-electron chi connectivity index (χ4n) is 2.45. The molecular formula is C19H29N5O2S. The van der Waals surface area contributed by atoms with Crippen molar-refractivity contribution < 1.29 is 9.32 Å². The van der Waals surface area contributed by atoms with Crippen LogP contribution in [0, 0.1) is 5.92 Å². The van der Waals surface area contributed by atoms with E-state index in [2.05, 4.69) is 45.0 Å². The van der Waals surface area contributed by atoms with Gasteiger partial charge in [-0.1, -0.05) is 20.8 Å². The summed E-state index contributed by atoms with van der Waals surface area (Å²) >= 11 is 0. The summed E-state index contributed by atoms with van der Waals surface area (Å²) in [5, 5.41) is 16.1. The zero-order valence-electron chi connectivity index (χ0n) is 16.3. The number of hydrogen-bond acceptors (Lipinski definition) is 6. The number of aliphatic hydroxyl groups excluding tert-OH is 1. The Hall–Kier alpha value is -2.32. The molecule has 1 aromatic carbocycles. The molecule has 0 aliphatic carbocycles. The van der Waals surface area contributed by atoms with E-state index < -0.39 is 9.71 Å². The number of nitrogens with zero attached hydrogens (tertiary/aromatic N) is 2. The van der Waals surface area contributed by atoms with Gasteiger partial charge in [0, 0.05) is 39.1 Å². The Morgan fingerprint density at radius 2 is 1.85 bits per heavy atom. The van der Waals surface area contributed by atoms with E-state index >= 15 is 0 Å². The predicted octanol–water partition coefficient (Wildman–Crippen LogP) is 2.88. The molecule has 0 bridgehead atoms. The molecule has 7 nitrogen and oxygen atoms in total. The first-order valence-corrected chi connectivity index (χ1v) is 11.1. The van der Waals surface area contributed by atoms with Gasteiger partial charge < -0.3 is 20.5 Å². The van der Waals surface area contributed by atoms with Gasteiger partial charge in [-0.15, -0.1) is 0 Å². The summed E-state index contributed by atoms with van der Waals surface area (Å²) in [6.45, 7) is 6.18. The van der Waals surface area contributed by atoms with E-state index in [0.29, 0.717) is 5.95 Å². The minimum atomic E-state index is -2.31. The average molecular weight is 392 g/mol. The lowest BCUT2D eigenvalue weighted by Gasteiger charge is -2.22. The highest BCUT2D eigenvalue weighted by molar-refractivity contribution is 8.00. The lowest BCUT2D eigenvalue weighted by Crippen LogP contribution is -2.30. The maximum atomic E-state index is 11.7. The normalized spacial score (nSPS) is 14.4. The topological polar surface area (TPSA) is 99.2 Å². The van der Waals surface area contributed by atoms with Gasteiger partial charge >= 0.3 is 0 Å². The van der Waals surface area contributed by atoms with Gasteiger partial charge in [0.05, 0.1) is 12.6 Å². The van der Waals surface area contributed by atoms with Crippen LogP contribution in [0.25, 0.3) is 0 Å². The Balaban J connectivity index is 2.18. The summed E-state index contributed by atoms with van der Waals surface area (Å²) in [4.78, 5) is 8.94. The fraction of sp³-hybridized carbons (Fsp3) is 0.421. The molecule has 0 saturated heterocycles. The molecule has 0 fully saturated rings. The SMILES string of the molecule is C=S(C)(=O)Nc1ccc(Nc2ncc(CC)c(N[C@@H](CO)C(C)C)n2)cc1. The van der Waals surface area contributed by atoms with Gasteiger partial charge in [0.2, 0.25) is 5.95 Å². The molecular weight excluding hydrogens is 362 g/mol. The number of aromatic nitrogens is 2. The first-order chi connectivity index (χ1) is 12.7. The summed E-state index contributed by atoms with van der Waals surface area (Å²) < 4.78 is 14.6. The summed E-state index contributed by atoms with van der Waals surface area (Å²) in [5.41, 5.74) is 2.53. The van der Waals surface area contributed by atoms with Crippen LogP contribution in [0.5, 0.6) is 0 Å². The largest absolute Gasteiger partial charge is 0.394 e. The van der Waals surface area contributed by atoms with Crippen molar-refractivity contribution in [2.45, 2.75) is 33.2 Å². The Bertz CT molecular complexity index is 851. The zero-order valence-corrected chi connectivity index (χ0v) is 17.1. The quantitative estimate of drug-likeness (QED) is 0.491. The van der Waals surface area contributed by atoms with E-state index in [4.69, 9.17) is 0 Å². The van der Waals surface area contributed by atoms with Gasteiger partial charge in [-0.05, 0) is 42.5 Å². The van der Waals surface area contributed by atoms with Crippen molar-refractivity contribution >= 4 is 38.7 Å². The second-order valence-corrected chi connectivity index (χ2v) is 9.12. The van der Waals surface area contributed by atoms with E-state index in [1.54, 1.807) is 12.5 Å². The molecule has 8 heteroatoms. The van der Waals surface area contributed by atoms with Gasteiger partial charge in [0.15, 0.2) is 0 Å². The third-order valence-corrected chi connectivity index (χ3v) is 4.71. The van der Waals surface area contributed by atoms with Crippen molar-refractivity contribution in [3.8, 4) is 0 Å². The van der Waals surface area contributed by atoms with Crippen molar-refractivity contribution in [1.82, 2.24) is 9.97 Å². The van der Waals surface area contributed by atoms with Crippen LogP contribution in [0.4, 0.5) is 23.1 Å². The molecule has 1 unspecified atom stereocenters. The van der Waals surface area contributed by atoms with Gasteiger partial charge in [-0.2, -0.15) is 4.98 Å². The van der Waals surface area contributed by atoms with E-state index in [-0.39, 0.29) is 18.6 Å². The number of anilines is 4. The lowest BCUT2D eigenvalue weighted by atomic mass is 10.1. The molecule has 4 N–H and O–H groups in total. The number of hydrogen-bond donors (Lipinski definition) is 4. The van der Waals surface area contributed by atoms with Gasteiger partial charge in [0.25, 0.3) is 0 Å². The highest BCUT2D eigenvalue weighted by Gasteiger charge is 2.15.